The summed E-state index contributed by atoms with van der Waals surface area (Å²) >= 11 is 0. The van der Waals surface area contributed by atoms with Crippen molar-refractivity contribution in [3.05, 3.63) is 29.6 Å². The normalized spacial score (nSPS) is 17.2. The van der Waals surface area contributed by atoms with Gasteiger partial charge in [-0.25, -0.2) is 0 Å². The van der Waals surface area contributed by atoms with Gasteiger partial charge in [-0.05, 0) is 25.0 Å². The molecule has 1 fully saturated rings. The van der Waals surface area contributed by atoms with E-state index in [1.165, 1.54) is 0 Å². The highest BCUT2D eigenvalue weighted by atomic mass is 16.2. The van der Waals surface area contributed by atoms with Gasteiger partial charge < -0.3 is 16.4 Å². The second-order valence-corrected chi connectivity index (χ2v) is 4.37. The number of piperidine rings is 1. The molecular weight excluding hydrogens is 216 g/mol. The quantitative estimate of drug-likeness (QED) is 0.760. The van der Waals surface area contributed by atoms with Gasteiger partial charge in [-0.2, -0.15) is 0 Å². The number of carbonyl (C=O) groups is 1. The van der Waals surface area contributed by atoms with Crippen LogP contribution in [0.25, 0.3) is 0 Å². The second kappa shape index (κ2) is 5.25. The molecule has 5 nitrogen and oxygen atoms in total. The van der Waals surface area contributed by atoms with Crippen LogP contribution in [-0.4, -0.2) is 34.9 Å². The summed E-state index contributed by atoms with van der Waals surface area (Å²) in [5, 5.41) is 0. The molecule has 1 aliphatic rings. The minimum atomic E-state index is 0.0500. The van der Waals surface area contributed by atoms with E-state index < -0.39 is 0 Å². The lowest BCUT2D eigenvalue weighted by Gasteiger charge is -2.30. The van der Waals surface area contributed by atoms with E-state index in [9.17, 15) is 4.79 Å². The molecule has 0 saturated carbocycles. The molecule has 1 aromatic heterocycles. The third kappa shape index (κ3) is 2.81. The number of nitrogens with zero attached hydrogens (tertiary/aromatic N) is 2. The standard InChI is InChI=1S/C12H18N4O/c13-8-11-7-9(1-4-15-11)12(17)16-5-2-10(14)3-6-16/h1,4,7,10H,2-3,5-6,8,13-14H2. The van der Waals surface area contributed by atoms with Gasteiger partial charge in [0.2, 0.25) is 0 Å². The SMILES string of the molecule is NCc1cc(C(=O)N2CCC(N)CC2)ccn1. The number of pyridine rings is 1. The van der Waals surface area contributed by atoms with Crippen LogP contribution < -0.4 is 11.5 Å². The zero-order valence-corrected chi connectivity index (χ0v) is 9.80. The highest BCUT2D eigenvalue weighted by Crippen LogP contribution is 2.13. The van der Waals surface area contributed by atoms with Gasteiger partial charge in [-0.3, -0.25) is 9.78 Å². The Morgan fingerprint density at radius 1 is 1.47 bits per heavy atom. The number of nitrogens with two attached hydrogens (primary N) is 2. The van der Waals surface area contributed by atoms with Gasteiger partial charge in [0.15, 0.2) is 0 Å². The summed E-state index contributed by atoms with van der Waals surface area (Å²) in [6.07, 6.45) is 3.38. The minimum Gasteiger partial charge on any atom is -0.339 e. The lowest BCUT2D eigenvalue weighted by atomic mass is 10.1. The fourth-order valence-corrected chi connectivity index (χ4v) is 2.01. The summed E-state index contributed by atoms with van der Waals surface area (Å²) in [7, 11) is 0. The molecule has 17 heavy (non-hydrogen) atoms. The Morgan fingerprint density at radius 2 is 2.18 bits per heavy atom. The van der Waals surface area contributed by atoms with Gasteiger partial charge in [-0.1, -0.05) is 0 Å². The monoisotopic (exact) mass is 234 g/mol. The van der Waals surface area contributed by atoms with Crippen molar-refractivity contribution in [2.45, 2.75) is 25.4 Å². The Bertz CT molecular complexity index is 399. The molecule has 4 N–H and O–H groups in total. The van der Waals surface area contributed by atoms with Crippen molar-refractivity contribution in [1.29, 1.82) is 0 Å². The summed E-state index contributed by atoms with van der Waals surface area (Å²) in [5.74, 6) is 0.0500. The molecule has 5 heteroatoms. The number of aromatic nitrogens is 1. The van der Waals surface area contributed by atoms with E-state index in [0.717, 1.165) is 31.6 Å². The van der Waals surface area contributed by atoms with Gasteiger partial charge in [-0.15, -0.1) is 0 Å². The molecule has 1 aliphatic heterocycles. The number of hydrogen-bond acceptors (Lipinski definition) is 4. The number of rotatable bonds is 2. The Hall–Kier alpha value is -1.46. The Balaban J connectivity index is 2.08. The number of hydrogen-bond donors (Lipinski definition) is 2. The summed E-state index contributed by atoms with van der Waals surface area (Å²) < 4.78 is 0. The molecule has 2 heterocycles. The third-order valence-corrected chi connectivity index (χ3v) is 3.10. The average Bonchev–Trinajstić information content (AvgIpc) is 2.39. The minimum absolute atomic E-state index is 0.0500. The van der Waals surface area contributed by atoms with Crippen molar-refractivity contribution in [3.63, 3.8) is 0 Å². The van der Waals surface area contributed by atoms with Crippen LogP contribution in [-0.2, 0) is 6.54 Å². The second-order valence-electron chi connectivity index (χ2n) is 4.37. The zero-order valence-electron chi connectivity index (χ0n) is 9.80. The Morgan fingerprint density at radius 3 is 2.82 bits per heavy atom. The van der Waals surface area contributed by atoms with Crippen molar-refractivity contribution < 1.29 is 4.79 Å². The van der Waals surface area contributed by atoms with Crippen LogP contribution in [0, 0.1) is 0 Å². The molecule has 2 rings (SSSR count). The third-order valence-electron chi connectivity index (χ3n) is 3.10. The van der Waals surface area contributed by atoms with Gasteiger partial charge in [0.25, 0.3) is 5.91 Å². The van der Waals surface area contributed by atoms with Crippen LogP contribution in [0.5, 0.6) is 0 Å². The fourth-order valence-electron chi connectivity index (χ4n) is 2.01. The predicted molar refractivity (Wildman–Crippen MR) is 65.2 cm³/mol. The maximum absolute atomic E-state index is 12.2. The molecule has 0 bridgehead atoms. The van der Waals surface area contributed by atoms with Crippen molar-refractivity contribution in [3.8, 4) is 0 Å². The van der Waals surface area contributed by atoms with Crippen molar-refractivity contribution in [2.24, 2.45) is 11.5 Å². The van der Waals surface area contributed by atoms with E-state index in [0.29, 0.717) is 12.1 Å². The molecular formula is C12H18N4O. The molecule has 1 amide bonds. The van der Waals surface area contributed by atoms with Crippen LogP contribution >= 0.6 is 0 Å². The first kappa shape index (κ1) is 12.0. The van der Waals surface area contributed by atoms with Gasteiger partial charge in [0, 0.05) is 37.4 Å². The number of likely N-dealkylation sites (tertiary alicyclic amines) is 1. The first-order valence-corrected chi connectivity index (χ1v) is 5.90. The van der Waals surface area contributed by atoms with E-state index >= 15 is 0 Å². The first-order chi connectivity index (χ1) is 8.20. The molecule has 0 aliphatic carbocycles. The Labute approximate surface area is 101 Å². The largest absolute Gasteiger partial charge is 0.339 e. The summed E-state index contributed by atoms with van der Waals surface area (Å²) in [4.78, 5) is 18.1. The molecule has 0 radical (unpaired) electrons. The first-order valence-electron chi connectivity index (χ1n) is 5.90. The zero-order chi connectivity index (χ0) is 12.3. The van der Waals surface area contributed by atoms with Crippen molar-refractivity contribution in [2.75, 3.05) is 13.1 Å². The molecule has 0 aromatic carbocycles. The van der Waals surface area contributed by atoms with E-state index in [2.05, 4.69) is 4.98 Å². The molecule has 1 aromatic rings. The van der Waals surface area contributed by atoms with Crippen LogP contribution in [0.2, 0.25) is 0 Å². The van der Waals surface area contributed by atoms with E-state index in [1.54, 1.807) is 18.3 Å². The smallest absolute Gasteiger partial charge is 0.253 e. The maximum Gasteiger partial charge on any atom is 0.253 e. The predicted octanol–water partition coefficient (Wildman–Crippen LogP) is 0.104. The molecule has 1 saturated heterocycles. The maximum atomic E-state index is 12.2. The molecule has 92 valence electrons. The van der Waals surface area contributed by atoms with Gasteiger partial charge in [0.1, 0.15) is 0 Å². The summed E-state index contributed by atoms with van der Waals surface area (Å²) in [5.41, 5.74) is 12.7. The highest BCUT2D eigenvalue weighted by Gasteiger charge is 2.21. The summed E-state index contributed by atoms with van der Waals surface area (Å²) in [6.45, 7) is 1.83. The average molecular weight is 234 g/mol. The topological polar surface area (TPSA) is 85.2 Å². The van der Waals surface area contributed by atoms with Crippen LogP contribution in [0.15, 0.2) is 18.3 Å². The lowest BCUT2D eigenvalue weighted by molar-refractivity contribution is 0.0714. The summed E-state index contributed by atoms with van der Waals surface area (Å²) in [6, 6.07) is 3.73. The van der Waals surface area contributed by atoms with E-state index in [-0.39, 0.29) is 11.9 Å². The molecule has 0 unspecified atom stereocenters. The lowest BCUT2D eigenvalue weighted by Crippen LogP contribution is -2.42. The van der Waals surface area contributed by atoms with E-state index in [1.807, 2.05) is 4.90 Å². The Kier molecular flexibility index (Phi) is 3.71. The van der Waals surface area contributed by atoms with Crippen LogP contribution in [0.3, 0.4) is 0 Å². The van der Waals surface area contributed by atoms with Crippen LogP contribution in [0.4, 0.5) is 0 Å². The van der Waals surface area contributed by atoms with Crippen molar-refractivity contribution in [1.82, 2.24) is 9.88 Å². The van der Waals surface area contributed by atoms with Crippen molar-refractivity contribution >= 4 is 5.91 Å². The van der Waals surface area contributed by atoms with Crippen LogP contribution in [0.1, 0.15) is 28.9 Å². The van der Waals surface area contributed by atoms with E-state index in [4.69, 9.17) is 11.5 Å². The highest BCUT2D eigenvalue weighted by molar-refractivity contribution is 5.94. The fraction of sp³-hybridized carbons (Fsp3) is 0.500. The van der Waals surface area contributed by atoms with Gasteiger partial charge >= 0.3 is 0 Å². The molecule has 0 atom stereocenters. The number of amides is 1. The molecule has 0 spiro atoms. The van der Waals surface area contributed by atoms with Gasteiger partial charge in [0.05, 0.1) is 5.69 Å². The number of carbonyl (C=O) groups excluding carboxylic acids is 1.